The number of aryl methyl sites for hydroxylation is 2. The van der Waals surface area contributed by atoms with E-state index in [0.717, 1.165) is 16.3 Å². The highest BCUT2D eigenvalue weighted by atomic mass is 32.1. The first-order valence-corrected chi connectivity index (χ1v) is 6.23. The van der Waals surface area contributed by atoms with Gasteiger partial charge in [0.25, 0.3) is 0 Å². The predicted octanol–water partition coefficient (Wildman–Crippen LogP) is 2.99. The number of hydrogen-bond donors (Lipinski definition) is 0. The van der Waals surface area contributed by atoms with Crippen molar-refractivity contribution >= 4 is 23.2 Å². The van der Waals surface area contributed by atoms with Gasteiger partial charge in [0.15, 0.2) is 5.78 Å². The van der Waals surface area contributed by atoms with Gasteiger partial charge in [0.2, 0.25) is 0 Å². The van der Waals surface area contributed by atoms with Crippen molar-refractivity contribution in [2.75, 3.05) is 0 Å². The van der Waals surface area contributed by atoms with E-state index >= 15 is 0 Å². The second-order valence-corrected chi connectivity index (χ2v) is 4.86. The average molecular weight is 246 g/mol. The zero-order valence-corrected chi connectivity index (χ0v) is 10.9. The fourth-order valence-corrected chi connectivity index (χ4v) is 2.38. The van der Waals surface area contributed by atoms with Crippen molar-refractivity contribution in [2.24, 2.45) is 7.05 Å². The molecule has 2 aromatic heterocycles. The summed E-state index contributed by atoms with van der Waals surface area (Å²) in [5.74, 6) is 0.0153. The van der Waals surface area contributed by atoms with Gasteiger partial charge in [-0.2, -0.15) is 5.10 Å². The van der Waals surface area contributed by atoms with Gasteiger partial charge in [-0.3, -0.25) is 9.48 Å². The zero-order chi connectivity index (χ0) is 12.4. The topological polar surface area (TPSA) is 34.9 Å². The molecular weight excluding hydrogens is 232 g/mol. The lowest BCUT2D eigenvalue weighted by Gasteiger charge is -1.96. The van der Waals surface area contributed by atoms with E-state index in [1.807, 2.05) is 44.5 Å². The molecule has 0 aliphatic carbocycles. The number of ketones is 1. The van der Waals surface area contributed by atoms with Crippen molar-refractivity contribution in [3.8, 4) is 0 Å². The van der Waals surface area contributed by atoms with E-state index < -0.39 is 0 Å². The van der Waals surface area contributed by atoms with Gasteiger partial charge < -0.3 is 0 Å². The minimum atomic E-state index is 0.0153. The monoisotopic (exact) mass is 246 g/mol. The molecule has 4 heteroatoms. The molecular formula is C13H14N2OS. The second kappa shape index (κ2) is 4.67. The van der Waals surface area contributed by atoms with Crippen LogP contribution in [0.25, 0.3) is 6.08 Å². The van der Waals surface area contributed by atoms with Crippen LogP contribution in [0.4, 0.5) is 0 Å². The van der Waals surface area contributed by atoms with Gasteiger partial charge in [-0.15, -0.1) is 11.3 Å². The molecule has 0 amide bonds. The van der Waals surface area contributed by atoms with Crippen LogP contribution in [0.5, 0.6) is 0 Å². The van der Waals surface area contributed by atoms with Crippen LogP contribution in [0.3, 0.4) is 0 Å². The Morgan fingerprint density at radius 1 is 1.47 bits per heavy atom. The highest BCUT2D eigenvalue weighted by molar-refractivity contribution is 7.10. The molecule has 2 aromatic rings. The average Bonchev–Trinajstić information content (AvgIpc) is 2.86. The van der Waals surface area contributed by atoms with Crippen molar-refractivity contribution in [1.29, 1.82) is 0 Å². The Hall–Kier alpha value is -1.68. The Labute approximate surface area is 104 Å². The maximum absolute atomic E-state index is 12.1. The first-order chi connectivity index (χ1) is 8.09. The number of carbonyl (C=O) groups excluding carboxylic acids is 1. The summed E-state index contributed by atoms with van der Waals surface area (Å²) in [4.78, 5) is 13.1. The molecule has 0 atom stereocenters. The molecule has 0 fully saturated rings. The second-order valence-electron chi connectivity index (χ2n) is 3.88. The van der Waals surface area contributed by atoms with Gasteiger partial charge in [0, 0.05) is 17.6 Å². The molecule has 0 saturated heterocycles. The molecule has 0 saturated carbocycles. The summed E-state index contributed by atoms with van der Waals surface area (Å²) in [7, 11) is 1.85. The van der Waals surface area contributed by atoms with Crippen LogP contribution in [0.1, 0.15) is 26.6 Å². The summed E-state index contributed by atoms with van der Waals surface area (Å²) >= 11 is 1.61. The van der Waals surface area contributed by atoms with Crippen molar-refractivity contribution < 1.29 is 4.79 Å². The van der Waals surface area contributed by atoms with E-state index in [1.165, 1.54) is 0 Å². The van der Waals surface area contributed by atoms with Crippen LogP contribution < -0.4 is 0 Å². The van der Waals surface area contributed by atoms with Crippen LogP contribution in [0, 0.1) is 13.8 Å². The van der Waals surface area contributed by atoms with Gasteiger partial charge in [0.05, 0.1) is 11.3 Å². The first kappa shape index (κ1) is 11.8. The Balaban J connectivity index is 2.26. The normalized spacial score (nSPS) is 11.2. The summed E-state index contributed by atoms with van der Waals surface area (Å²) in [5.41, 5.74) is 2.40. The lowest BCUT2D eigenvalue weighted by Crippen LogP contribution is -1.99. The molecule has 2 rings (SSSR count). The molecule has 17 heavy (non-hydrogen) atoms. The first-order valence-electron chi connectivity index (χ1n) is 5.35. The summed E-state index contributed by atoms with van der Waals surface area (Å²) < 4.78 is 1.74. The van der Waals surface area contributed by atoms with E-state index in [1.54, 1.807) is 22.1 Å². The smallest absolute Gasteiger partial charge is 0.189 e. The number of aromatic nitrogens is 2. The fourth-order valence-electron chi connectivity index (χ4n) is 1.76. The summed E-state index contributed by atoms with van der Waals surface area (Å²) in [6, 6.07) is 3.95. The van der Waals surface area contributed by atoms with E-state index in [0.29, 0.717) is 5.56 Å². The third-order valence-corrected chi connectivity index (χ3v) is 3.54. The largest absolute Gasteiger partial charge is 0.289 e. The Morgan fingerprint density at radius 2 is 2.24 bits per heavy atom. The summed E-state index contributed by atoms with van der Waals surface area (Å²) in [5, 5.41) is 6.23. The predicted molar refractivity (Wildman–Crippen MR) is 70.4 cm³/mol. The van der Waals surface area contributed by atoms with Crippen molar-refractivity contribution in [3.05, 3.63) is 45.4 Å². The van der Waals surface area contributed by atoms with E-state index in [2.05, 4.69) is 5.10 Å². The number of rotatable bonds is 3. The van der Waals surface area contributed by atoms with Crippen LogP contribution in [0.2, 0.25) is 0 Å². The van der Waals surface area contributed by atoms with Crippen LogP contribution >= 0.6 is 11.3 Å². The standard InChI is InChI=1S/C13H14N2OS/c1-9-13(10(2)15(3)14-9)12(16)7-6-11-5-4-8-17-11/h4-8H,1-3H3/b7-6+. The molecule has 0 N–H and O–H groups in total. The molecule has 0 aliphatic rings. The SMILES string of the molecule is Cc1nn(C)c(C)c1C(=O)/C=C/c1cccs1. The van der Waals surface area contributed by atoms with Gasteiger partial charge >= 0.3 is 0 Å². The number of thiophene rings is 1. The van der Waals surface area contributed by atoms with Gasteiger partial charge in [-0.1, -0.05) is 6.07 Å². The van der Waals surface area contributed by atoms with Crippen molar-refractivity contribution in [2.45, 2.75) is 13.8 Å². The third-order valence-electron chi connectivity index (χ3n) is 2.70. The van der Waals surface area contributed by atoms with E-state index in [9.17, 15) is 4.79 Å². The lowest BCUT2D eigenvalue weighted by molar-refractivity contribution is 0.104. The minimum absolute atomic E-state index is 0.0153. The van der Waals surface area contributed by atoms with Gasteiger partial charge in [0.1, 0.15) is 0 Å². The Kier molecular flexibility index (Phi) is 3.24. The molecule has 2 heterocycles. The molecule has 88 valence electrons. The molecule has 0 aromatic carbocycles. The maximum atomic E-state index is 12.1. The quantitative estimate of drug-likeness (QED) is 0.616. The van der Waals surface area contributed by atoms with Crippen LogP contribution in [-0.4, -0.2) is 15.6 Å². The zero-order valence-electron chi connectivity index (χ0n) is 10.1. The summed E-state index contributed by atoms with van der Waals surface area (Å²) in [6.07, 6.45) is 3.46. The molecule has 3 nitrogen and oxygen atoms in total. The molecule has 0 aliphatic heterocycles. The van der Waals surface area contributed by atoms with Crippen LogP contribution in [0.15, 0.2) is 23.6 Å². The molecule has 0 bridgehead atoms. The molecule has 0 unspecified atom stereocenters. The number of hydrogen-bond acceptors (Lipinski definition) is 3. The highest BCUT2D eigenvalue weighted by Crippen LogP contribution is 2.15. The molecule has 0 radical (unpaired) electrons. The fraction of sp³-hybridized carbons (Fsp3) is 0.231. The minimum Gasteiger partial charge on any atom is -0.289 e. The van der Waals surface area contributed by atoms with Crippen LogP contribution in [-0.2, 0) is 7.05 Å². The number of allylic oxidation sites excluding steroid dienone is 1. The lowest BCUT2D eigenvalue weighted by atomic mass is 10.1. The Morgan fingerprint density at radius 3 is 2.76 bits per heavy atom. The number of carbonyl (C=O) groups is 1. The third kappa shape index (κ3) is 2.36. The van der Waals surface area contributed by atoms with E-state index in [-0.39, 0.29) is 5.78 Å². The Bertz CT molecular complexity index is 565. The maximum Gasteiger partial charge on any atom is 0.189 e. The van der Waals surface area contributed by atoms with Crippen molar-refractivity contribution in [1.82, 2.24) is 9.78 Å². The highest BCUT2D eigenvalue weighted by Gasteiger charge is 2.14. The summed E-state index contributed by atoms with van der Waals surface area (Å²) in [6.45, 7) is 3.77. The molecule has 0 spiro atoms. The van der Waals surface area contributed by atoms with Gasteiger partial charge in [-0.25, -0.2) is 0 Å². The van der Waals surface area contributed by atoms with E-state index in [4.69, 9.17) is 0 Å². The van der Waals surface area contributed by atoms with Gasteiger partial charge in [-0.05, 0) is 37.4 Å². The number of nitrogens with zero attached hydrogens (tertiary/aromatic N) is 2. The van der Waals surface area contributed by atoms with Crippen molar-refractivity contribution in [3.63, 3.8) is 0 Å².